The molecule has 6 heteroatoms. The van der Waals surface area contributed by atoms with Crippen molar-refractivity contribution in [2.24, 2.45) is 0 Å². The Morgan fingerprint density at radius 2 is 2.00 bits per heavy atom. The Bertz CT molecular complexity index is 842. The summed E-state index contributed by atoms with van der Waals surface area (Å²) in [4.78, 5) is 16.0. The second kappa shape index (κ2) is 6.34. The normalized spacial score (nSPS) is 10.6. The molecule has 0 fully saturated rings. The monoisotopic (exact) mass is 331 g/mol. The first kappa shape index (κ1) is 14.8. The molecule has 0 amide bonds. The Kier molecular flexibility index (Phi) is 4.27. The molecule has 22 heavy (non-hydrogen) atoms. The molecule has 0 aliphatic carbocycles. The van der Waals surface area contributed by atoms with Crippen LogP contribution >= 0.6 is 23.1 Å². The zero-order valence-electron chi connectivity index (χ0n) is 11.9. The summed E-state index contributed by atoms with van der Waals surface area (Å²) in [5.41, 5.74) is 2.66. The van der Waals surface area contributed by atoms with Gasteiger partial charge in [0.1, 0.15) is 0 Å². The summed E-state index contributed by atoms with van der Waals surface area (Å²) in [6.45, 7) is 2.46. The van der Waals surface area contributed by atoms with Crippen molar-refractivity contribution in [2.45, 2.75) is 13.5 Å². The van der Waals surface area contributed by atoms with Gasteiger partial charge in [-0.15, -0.1) is 0 Å². The van der Waals surface area contributed by atoms with Gasteiger partial charge >= 0.3 is 5.69 Å². The van der Waals surface area contributed by atoms with Crippen LogP contribution in [0.5, 0.6) is 0 Å². The molecule has 1 aromatic heterocycles. The van der Waals surface area contributed by atoms with Crippen molar-refractivity contribution in [2.75, 3.05) is 5.32 Å². The predicted octanol–water partition coefficient (Wildman–Crippen LogP) is 4.06. The molecular formula is C16H14ClN3OS. The Balaban J connectivity index is 1.80. The van der Waals surface area contributed by atoms with Gasteiger partial charge in [0.15, 0.2) is 0 Å². The van der Waals surface area contributed by atoms with Crippen LogP contribution in [0.3, 0.4) is 0 Å². The molecule has 0 saturated heterocycles. The molecule has 0 aliphatic heterocycles. The van der Waals surface area contributed by atoms with E-state index in [9.17, 15) is 4.79 Å². The first-order chi connectivity index (χ1) is 10.6. The number of aromatic nitrogens is 2. The molecule has 112 valence electrons. The lowest BCUT2D eigenvalue weighted by molar-refractivity contribution is 0.823. The summed E-state index contributed by atoms with van der Waals surface area (Å²) in [7, 11) is 0. The molecule has 0 bridgehead atoms. The lowest BCUT2D eigenvalue weighted by Gasteiger charge is -2.04. The van der Waals surface area contributed by atoms with Crippen LogP contribution in [0.2, 0.25) is 5.02 Å². The number of nitrogens with one attached hydrogen (secondary N) is 1. The van der Waals surface area contributed by atoms with Crippen molar-refractivity contribution in [1.29, 1.82) is 0 Å². The Hall–Kier alpha value is -2.11. The number of rotatable bonds is 4. The van der Waals surface area contributed by atoms with Crippen molar-refractivity contribution < 1.29 is 0 Å². The summed E-state index contributed by atoms with van der Waals surface area (Å²) in [5.74, 6) is 0. The Labute approximate surface area is 137 Å². The molecule has 2 aromatic carbocycles. The molecule has 0 atom stereocenters. The maximum absolute atomic E-state index is 12.0. The molecule has 3 aromatic rings. The van der Waals surface area contributed by atoms with Crippen LogP contribution < -0.4 is 11.0 Å². The van der Waals surface area contributed by atoms with E-state index in [1.165, 1.54) is 11.5 Å². The van der Waals surface area contributed by atoms with E-state index in [-0.39, 0.29) is 5.69 Å². The van der Waals surface area contributed by atoms with E-state index in [1.807, 2.05) is 55.5 Å². The number of aryl methyl sites for hydroxylation is 1. The fraction of sp³-hybridized carbons (Fsp3) is 0.125. The Morgan fingerprint density at radius 1 is 1.23 bits per heavy atom. The first-order valence-corrected chi connectivity index (χ1v) is 7.92. The third-order valence-electron chi connectivity index (χ3n) is 3.19. The van der Waals surface area contributed by atoms with Crippen molar-refractivity contribution in [3.05, 3.63) is 75.2 Å². The molecule has 0 aliphatic rings. The van der Waals surface area contributed by atoms with Gasteiger partial charge in [0.25, 0.3) is 0 Å². The van der Waals surface area contributed by atoms with Crippen LogP contribution in [0, 0.1) is 6.92 Å². The van der Waals surface area contributed by atoms with E-state index in [0.29, 0.717) is 16.7 Å². The van der Waals surface area contributed by atoms with Crippen molar-refractivity contribution in [3.8, 4) is 0 Å². The van der Waals surface area contributed by atoms with Gasteiger partial charge in [0.05, 0.1) is 6.54 Å². The molecule has 0 spiro atoms. The van der Waals surface area contributed by atoms with Crippen LogP contribution in [-0.2, 0) is 6.54 Å². The largest absolute Gasteiger partial charge is 0.360 e. The van der Waals surface area contributed by atoms with Gasteiger partial charge in [-0.05, 0) is 47.8 Å². The molecule has 0 unspecified atom stereocenters. The van der Waals surface area contributed by atoms with Gasteiger partial charge < -0.3 is 5.32 Å². The fourth-order valence-electron chi connectivity index (χ4n) is 2.05. The van der Waals surface area contributed by atoms with Crippen LogP contribution in [0.15, 0.2) is 53.3 Å². The third-order valence-corrected chi connectivity index (χ3v) is 4.48. The maximum atomic E-state index is 12.0. The van der Waals surface area contributed by atoms with Gasteiger partial charge in [-0.3, -0.25) is 0 Å². The highest BCUT2D eigenvalue weighted by atomic mass is 35.5. The van der Waals surface area contributed by atoms with Gasteiger partial charge in [0, 0.05) is 10.7 Å². The number of hydrogen-bond acceptors (Lipinski definition) is 4. The zero-order chi connectivity index (χ0) is 15.5. The zero-order valence-corrected chi connectivity index (χ0v) is 13.5. The van der Waals surface area contributed by atoms with Crippen molar-refractivity contribution >= 4 is 34.0 Å². The summed E-state index contributed by atoms with van der Waals surface area (Å²) in [6.07, 6.45) is 0. The van der Waals surface area contributed by atoms with Gasteiger partial charge in [-0.2, -0.15) is 4.98 Å². The number of anilines is 2. The summed E-state index contributed by atoms with van der Waals surface area (Å²) in [5, 5.41) is 4.43. The van der Waals surface area contributed by atoms with E-state index in [4.69, 9.17) is 11.6 Å². The number of halogens is 1. The molecule has 0 saturated carbocycles. The summed E-state index contributed by atoms with van der Waals surface area (Å²) in [6, 6.07) is 15.5. The summed E-state index contributed by atoms with van der Waals surface area (Å²) < 4.78 is 1.63. The minimum Gasteiger partial charge on any atom is -0.330 e. The molecule has 0 radical (unpaired) electrons. The highest BCUT2D eigenvalue weighted by Crippen LogP contribution is 2.23. The maximum Gasteiger partial charge on any atom is 0.360 e. The number of benzene rings is 2. The highest BCUT2D eigenvalue weighted by molar-refractivity contribution is 7.10. The van der Waals surface area contributed by atoms with Gasteiger partial charge in [0.2, 0.25) is 5.13 Å². The summed E-state index contributed by atoms with van der Waals surface area (Å²) >= 11 is 7.32. The van der Waals surface area contributed by atoms with Crippen LogP contribution in [0.25, 0.3) is 0 Å². The molecule has 3 rings (SSSR count). The SMILES string of the molecule is Cc1cc(Nc2nc(=O)n(Cc3ccccc3)s2)ccc1Cl. The standard InChI is InChI=1S/C16H14ClN3OS/c1-11-9-13(7-8-14(11)17)18-15-19-16(21)20(22-15)10-12-5-3-2-4-6-12/h2-9H,10H2,1H3,(H,18,19,21). The first-order valence-electron chi connectivity index (χ1n) is 6.77. The predicted molar refractivity (Wildman–Crippen MR) is 91.4 cm³/mol. The lowest BCUT2D eigenvalue weighted by Crippen LogP contribution is -2.15. The van der Waals surface area contributed by atoms with Crippen LogP contribution in [-0.4, -0.2) is 8.94 Å². The van der Waals surface area contributed by atoms with E-state index in [0.717, 1.165) is 16.8 Å². The minimum absolute atomic E-state index is 0.248. The lowest BCUT2D eigenvalue weighted by atomic mass is 10.2. The van der Waals surface area contributed by atoms with Crippen LogP contribution in [0.4, 0.5) is 10.8 Å². The second-order valence-corrected chi connectivity index (χ2v) is 6.32. The van der Waals surface area contributed by atoms with Crippen molar-refractivity contribution in [3.63, 3.8) is 0 Å². The average molecular weight is 332 g/mol. The fourth-order valence-corrected chi connectivity index (χ4v) is 2.99. The highest BCUT2D eigenvalue weighted by Gasteiger charge is 2.07. The van der Waals surface area contributed by atoms with E-state index in [2.05, 4.69) is 10.3 Å². The molecular weight excluding hydrogens is 318 g/mol. The quantitative estimate of drug-likeness (QED) is 0.784. The van der Waals surface area contributed by atoms with E-state index in [1.54, 1.807) is 3.96 Å². The third kappa shape index (κ3) is 3.37. The Morgan fingerprint density at radius 3 is 2.73 bits per heavy atom. The molecule has 4 nitrogen and oxygen atoms in total. The average Bonchev–Trinajstić information content (AvgIpc) is 2.84. The smallest absolute Gasteiger partial charge is 0.330 e. The number of nitrogens with zero attached hydrogens (tertiary/aromatic N) is 2. The molecule has 1 heterocycles. The second-order valence-electron chi connectivity index (χ2n) is 4.90. The van der Waals surface area contributed by atoms with Crippen molar-refractivity contribution in [1.82, 2.24) is 8.94 Å². The molecule has 1 N–H and O–H groups in total. The van der Waals surface area contributed by atoms with Crippen LogP contribution in [0.1, 0.15) is 11.1 Å². The van der Waals surface area contributed by atoms with E-state index < -0.39 is 0 Å². The van der Waals surface area contributed by atoms with E-state index >= 15 is 0 Å². The minimum atomic E-state index is -0.248. The van der Waals surface area contributed by atoms with Gasteiger partial charge in [-0.25, -0.2) is 8.75 Å². The number of hydrogen-bond donors (Lipinski definition) is 1. The van der Waals surface area contributed by atoms with Gasteiger partial charge in [-0.1, -0.05) is 41.9 Å². The topological polar surface area (TPSA) is 46.9 Å².